The van der Waals surface area contributed by atoms with Crippen molar-refractivity contribution in [2.24, 2.45) is 0 Å². The van der Waals surface area contributed by atoms with Crippen LogP contribution in [-0.4, -0.2) is 65.8 Å². The Morgan fingerprint density at radius 3 is 2.67 bits per heavy atom. The topological polar surface area (TPSA) is 78.7 Å². The molecule has 0 amide bonds. The van der Waals surface area contributed by atoms with Gasteiger partial charge in [0.25, 0.3) is 0 Å². The molecule has 2 aromatic rings. The van der Waals surface area contributed by atoms with Gasteiger partial charge in [-0.2, -0.15) is 0 Å². The highest BCUT2D eigenvalue weighted by Gasteiger charge is 2.21. The van der Waals surface area contributed by atoms with Gasteiger partial charge in [0.2, 0.25) is 5.95 Å². The highest BCUT2D eigenvalue weighted by molar-refractivity contribution is 7.99. The Labute approximate surface area is 161 Å². The van der Waals surface area contributed by atoms with Crippen LogP contribution in [0.1, 0.15) is 17.3 Å². The fraction of sp³-hybridized carbons (Fsp3) is 0.500. The molecule has 8 nitrogen and oxygen atoms in total. The molecule has 0 saturated carbocycles. The fourth-order valence-corrected chi connectivity index (χ4v) is 3.98. The Morgan fingerprint density at radius 2 is 1.89 bits per heavy atom. The predicted molar refractivity (Wildman–Crippen MR) is 101 cm³/mol. The molecular formula is C18H22N4O4S. The Morgan fingerprint density at radius 1 is 1.11 bits per heavy atom. The summed E-state index contributed by atoms with van der Waals surface area (Å²) >= 11 is 1.41. The van der Waals surface area contributed by atoms with Gasteiger partial charge in [-0.25, -0.2) is 0 Å². The number of rotatable bonds is 6. The number of benzene rings is 1. The Balaban J connectivity index is 1.44. The molecule has 144 valence electrons. The van der Waals surface area contributed by atoms with Crippen LogP contribution in [0, 0.1) is 0 Å². The molecule has 1 aromatic carbocycles. The zero-order chi connectivity index (χ0) is 18.6. The number of morpholine rings is 1. The van der Waals surface area contributed by atoms with Gasteiger partial charge < -0.3 is 19.1 Å². The number of ketones is 1. The van der Waals surface area contributed by atoms with Crippen LogP contribution in [0.25, 0.3) is 0 Å². The molecular weight excluding hydrogens is 368 g/mol. The van der Waals surface area contributed by atoms with Crippen molar-refractivity contribution in [3.05, 3.63) is 23.8 Å². The van der Waals surface area contributed by atoms with E-state index in [-0.39, 0.29) is 5.78 Å². The molecule has 0 atom stereocenters. The number of anilines is 1. The normalized spacial score (nSPS) is 16.4. The first-order valence-corrected chi connectivity index (χ1v) is 10.1. The van der Waals surface area contributed by atoms with E-state index in [4.69, 9.17) is 14.2 Å². The molecule has 1 aromatic heterocycles. The number of fused-ring (bicyclic) bond motifs is 1. The van der Waals surface area contributed by atoms with E-state index in [9.17, 15) is 4.79 Å². The number of thioether (sulfide) groups is 1. The standard InChI is InChI=1S/C18H22N4O4S/c1-2-22-17(21-5-7-24-8-6-21)19-20-18(22)27-12-14(23)13-3-4-15-16(11-13)26-10-9-25-15/h3-4,11H,2,5-10,12H2,1H3. The van der Waals surface area contributed by atoms with Crippen molar-refractivity contribution in [3.8, 4) is 11.5 Å². The number of nitrogens with zero attached hydrogens (tertiary/aromatic N) is 4. The van der Waals surface area contributed by atoms with Crippen LogP contribution in [0.4, 0.5) is 5.95 Å². The average molecular weight is 390 g/mol. The summed E-state index contributed by atoms with van der Waals surface area (Å²) in [5.41, 5.74) is 0.614. The van der Waals surface area contributed by atoms with E-state index in [0.29, 0.717) is 49.2 Å². The lowest BCUT2D eigenvalue weighted by atomic mass is 10.1. The second kappa shape index (κ2) is 8.18. The number of carbonyl (C=O) groups is 1. The minimum absolute atomic E-state index is 0.0237. The summed E-state index contributed by atoms with van der Waals surface area (Å²) in [6.07, 6.45) is 0. The maximum absolute atomic E-state index is 12.6. The van der Waals surface area contributed by atoms with E-state index in [1.807, 2.05) is 4.57 Å². The Hall–Kier alpha value is -2.26. The van der Waals surface area contributed by atoms with Crippen LogP contribution < -0.4 is 14.4 Å². The van der Waals surface area contributed by atoms with Crippen molar-refractivity contribution in [3.63, 3.8) is 0 Å². The lowest BCUT2D eigenvalue weighted by molar-refractivity contribution is 0.102. The number of aromatic nitrogens is 3. The molecule has 0 radical (unpaired) electrons. The molecule has 4 rings (SSSR count). The van der Waals surface area contributed by atoms with Crippen LogP contribution >= 0.6 is 11.8 Å². The zero-order valence-corrected chi connectivity index (χ0v) is 16.0. The summed E-state index contributed by atoms with van der Waals surface area (Å²) in [5, 5.41) is 9.38. The quantitative estimate of drug-likeness (QED) is 0.547. The van der Waals surface area contributed by atoms with E-state index < -0.39 is 0 Å². The first-order valence-electron chi connectivity index (χ1n) is 9.08. The van der Waals surface area contributed by atoms with E-state index >= 15 is 0 Å². The molecule has 2 aliphatic rings. The summed E-state index contributed by atoms with van der Waals surface area (Å²) in [6.45, 7) is 6.85. The lowest BCUT2D eigenvalue weighted by Gasteiger charge is -2.27. The largest absolute Gasteiger partial charge is 0.486 e. The molecule has 0 N–H and O–H groups in total. The average Bonchev–Trinajstić information content (AvgIpc) is 3.15. The monoisotopic (exact) mass is 390 g/mol. The molecule has 27 heavy (non-hydrogen) atoms. The molecule has 0 spiro atoms. The molecule has 1 fully saturated rings. The number of hydrogen-bond donors (Lipinski definition) is 0. The van der Waals surface area contributed by atoms with Gasteiger partial charge in [-0.3, -0.25) is 9.36 Å². The number of ether oxygens (including phenoxy) is 3. The van der Waals surface area contributed by atoms with E-state index in [0.717, 1.165) is 30.7 Å². The van der Waals surface area contributed by atoms with Crippen molar-refractivity contribution in [1.82, 2.24) is 14.8 Å². The summed E-state index contributed by atoms with van der Waals surface area (Å²) in [4.78, 5) is 14.8. The first-order chi connectivity index (χ1) is 13.3. The third-order valence-corrected chi connectivity index (χ3v) is 5.47. The molecule has 9 heteroatoms. The summed E-state index contributed by atoms with van der Waals surface area (Å²) in [7, 11) is 0. The third-order valence-electron chi connectivity index (χ3n) is 4.50. The van der Waals surface area contributed by atoms with Gasteiger partial charge in [-0.05, 0) is 25.1 Å². The fourth-order valence-electron chi connectivity index (χ4n) is 3.09. The minimum Gasteiger partial charge on any atom is -0.486 e. The maximum atomic E-state index is 12.6. The second-order valence-corrected chi connectivity index (χ2v) is 7.14. The van der Waals surface area contributed by atoms with Gasteiger partial charge in [-0.1, -0.05) is 11.8 Å². The van der Waals surface area contributed by atoms with E-state index in [1.54, 1.807) is 18.2 Å². The van der Waals surface area contributed by atoms with Crippen LogP contribution in [0.5, 0.6) is 11.5 Å². The number of hydrogen-bond acceptors (Lipinski definition) is 8. The van der Waals surface area contributed by atoms with Gasteiger partial charge in [-0.15, -0.1) is 10.2 Å². The zero-order valence-electron chi connectivity index (χ0n) is 15.2. The van der Waals surface area contributed by atoms with Gasteiger partial charge in [0.1, 0.15) is 13.2 Å². The summed E-state index contributed by atoms with van der Waals surface area (Å²) < 4.78 is 18.5. The molecule has 1 saturated heterocycles. The third kappa shape index (κ3) is 3.89. The molecule has 3 heterocycles. The van der Waals surface area contributed by atoms with Gasteiger partial charge in [0.05, 0.1) is 19.0 Å². The van der Waals surface area contributed by atoms with E-state index in [1.165, 1.54) is 11.8 Å². The maximum Gasteiger partial charge on any atom is 0.228 e. The van der Waals surface area contributed by atoms with Gasteiger partial charge in [0, 0.05) is 25.2 Å². The van der Waals surface area contributed by atoms with Crippen LogP contribution in [0.2, 0.25) is 0 Å². The summed E-state index contributed by atoms with van der Waals surface area (Å²) in [6, 6.07) is 5.32. The van der Waals surface area contributed by atoms with Crippen LogP contribution in [0.15, 0.2) is 23.4 Å². The smallest absolute Gasteiger partial charge is 0.228 e. The second-order valence-electron chi connectivity index (χ2n) is 6.20. The highest BCUT2D eigenvalue weighted by Crippen LogP contribution is 2.31. The molecule has 0 aliphatic carbocycles. The number of Topliss-reactive ketones (excluding diaryl/α,β-unsaturated/α-hetero) is 1. The Kier molecular flexibility index (Phi) is 5.49. The van der Waals surface area contributed by atoms with E-state index in [2.05, 4.69) is 22.0 Å². The predicted octanol–water partition coefficient (Wildman–Crippen LogP) is 1.88. The lowest BCUT2D eigenvalue weighted by Crippen LogP contribution is -2.38. The van der Waals surface area contributed by atoms with Crippen LogP contribution in [-0.2, 0) is 11.3 Å². The SMILES string of the molecule is CCn1c(SCC(=O)c2ccc3c(c2)OCCO3)nnc1N1CCOCC1. The molecule has 2 aliphatic heterocycles. The first kappa shape index (κ1) is 18.1. The summed E-state index contributed by atoms with van der Waals surface area (Å²) in [5.74, 6) is 2.47. The van der Waals surface area contributed by atoms with Gasteiger partial charge >= 0.3 is 0 Å². The van der Waals surface area contributed by atoms with Gasteiger partial charge in [0.15, 0.2) is 22.4 Å². The molecule has 0 bridgehead atoms. The number of carbonyl (C=O) groups excluding carboxylic acids is 1. The van der Waals surface area contributed by atoms with Crippen molar-refractivity contribution in [2.75, 3.05) is 50.2 Å². The van der Waals surface area contributed by atoms with Crippen LogP contribution in [0.3, 0.4) is 0 Å². The minimum atomic E-state index is 0.0237. The van der Waals surface area contributed by atoms with Crippen molar-refractivity contribution >= 4 is 23.5 Å². The highest BCUT2D eigenvalue weighted by atomic mass is 32.2. The molecule has 0 unspecified atom stereocenters. The van der Waals surface area contributed by atoms with Crippen molar-refractivity contribution in [1.29, 1.82) is 0 Å². The van der Waals surface area contributed by atoms with Crippen molar-refractivity contribution in [2.45, 2.75) is 18.6 Å². The van der Waals surface area contributed by atoms with Crippen molar-refractivity contribution < 1.29 is 19.0 Å². The Bertz CT molecular complexity index is 820.